The first-order chi connectivity index (χ1) is 17.6. The smallest absolute Gasteiger partial charge is 0.314 e. The predicted octanol–water partition coefficient (Wildman–Crippen LogP) is 6.65. The molecule has 0 saturated carbocycles. The third-order valence-electron chi connectivity index (χ3n) is 8.09. The highest BCUT2D eigenvalue weighted by Crippen LogP contribution is 2.47. The molecule has 3 amide bonds. The minimum absolute atomic E-state index is 0.0896. The number of allylic oxidation sites excluding steroid dienone is 3. The van der Waals surface area contributed by atoms with E-state index >= 15 is 0 Å². The number of aliphatic imine (C=N–C) groups is 1. The molecule has 0 spiro atoms. The Kier molecular flexibility index (Phi) is 9.41. The van der Waals surface area contributed by atoms with E-state index in [1.54, 1.807) is 11.1 Å². The summed E-state index contributed by atoms with van der Waals surface area (Å²) in [6.45, 7) is 8.69. The molecule has 2 fully saturated rings. The molecule has 0 radical (unpaired) electrons. The van der Waals surface area contributed by atoms with Gasteiger partial charge < -0.3 is 15.5 Å². The van der Waals surface area contributed by atoms with Gasteiger partial charge in [-0.2, -0.15) is 0 Å². The van der Waals surface area contributed by atoms with Crippen molar-refractivity contribution in [2.75, 3.05) is 26.2 Å². The van der Waals surface area contributed by atoms with Gasteiger partial charge in [0.1, 0.15) is 0 Å². The lowest BCUT2D eigenvalue weighted by molar-refractivity contribution is -0.134. The van der Waals surface area contributed by atoms with E-state index in [1.807, 2.05) is 11.0 Å². The molecule has 6 nitrogen and oxygen atoms in total. The van der Waals surface area contributed by atoms with Gasteiger partial charge in [-0.25, -0.2) is 4.79 Å². The van der Waals surface area contributed by atoms with Gasteiger partial charge in [0.2, 0.25) is 5.91 Å². The molecular formula is C28H35BrCl2N4O2. The molecule has 9 heteroatoms. The highest BCUT2D eigenvalue weighted by molar-refractivity contribution is 9.10. The minimum atomic E-state index is -0.371. The Labute approximate surface area is 238 Å². The monoisotopic (exact) mass is 608 g/mol. The van der Waals surface area contributed by atoms with E-state index in [0.717, 1.165) is 66.8 Å². The van der Waals surface area contributed by atoms with Crippen LogP contribution in [0.2, 0.25) is 5.02 Å². The summed E-state index contributed by atoms with van der Waals surface area (Å²) < 4.78 is 1.01. The van der Waals surface area contributed by atoms with Crippen LogP contribution in [-0.2, 0) is 11.2 Å². The maximum atomic E-state index is 13.1. The number of halogens is 3. The third kappa shape index (κ3) is 6.79. The highest BCUT2D eigenvalue weighted by atomic mass is 79.9. The molecular weight excluding hydrogens is 575 g/mol. The fourth-order valence-corrected chi connectivity index (χ4v) is 7.22. The van der Waals surface area contributed by atoms with E-state index < -0.39 is 0 Å². The Bertz CT molecular complexity index is 1120. The van der Waals surface area contributed by atoms with Crippen LogP contribution in [0.1, 0.15) is 62.5 Å². The normalized spacial score (nSPS) is 21.8. The topological polar surface area (TPSA) is 79.0 Å². The Morgan fingerprint density at radius 2 is 1.78 bits per heavy atom. The SMILES string of the molecule is C=C(Cl)C=NC1=C(C)CCc2cc(Cl)cc(Br)c2C1C1CCN(C(=O)CC2CCN(C(N)=O)CC2)CC1. The van der Waals surface area contributed by atoms with Crippen LogP contribution in [0.25, 0.3) is 0 Å². The van der Waals surface area contributed by atoms with Crippen molar-refractivity contribution in [1.29, 1.82) is 0 Å². The zero-order valence-corrected chi connectivity index (χ0v) is 24.4. The molecule has 2 heterocycles. The number of hydrogen-bond donors (Lipinski definition) is 1. The van der Waals surface area contributed by atoms with Crippen molar-refractivity contribution in [2.45, 2.75) is 57.8 Å². The lowest BCUT2D eigenvalue weighted by atomic mass is 9.76. The molecule has 3 aliphatic rings. The number of primary amides is 1. The second-order valence-electron chi connectivity index (χ2n) is 10.5. The van der Waals surface area contributed by atoms with Gasteiger partial charge in [-0.05, 0) is 80.5 Å². The second-order valence-corrected chi connectivity index (χ2v) is 12.3. The van der Waals surface area contributed by atoms with Crippen molar-refractivity contribution >= 4 is 57.3 Å². The molecule has 0 bridgehead atoms. The standard InChI is InChI=1S/C28H35BrCl2N4O2/c1-17-3-4-21-14-22(31)15-23(29)25(21)26(27(17)33-16-18(2)30)20-7-11-34(12-8-20)24(36)13-19-5-9-35(10-6-19)28(32)37/h14-16,19-20,26H,2-13H2,1H3,(H2,32,37). The van der Waals surface area contributed by atoms with Crippen LogP contribution in [0.3, 0.4) is 0 Å². The molecule has 4 rings (SSSR count). The van der Waals surface area contributed by atoms with Crippen molar-refractivity contribution in [3.05, 3.63) is 55.6 Å². The summed E-state index contributed by atoms with van der Waals surface area (Å²) in [6.07, 6.45) is 7.46. The lowest BCUT2D eigenvalue weighted by Crippen LogP contribution is -2.44. The number of benzene rings is 1. The third-order valence-corrected chi connectivity index (χ3v) is 9.06. The Hall–Kier alpha value is -1.83. The summed E-state index contributed by atoms with van der Waals surface area (Å²) in [5.41, 5.74) is 10.2. The Balaban J connectivity index is 1.49. The van der Waals surface area contributed by atoms with Gasteiger partial charge in [0, 0.05) is 59.9 Å². The van der Waals surface area contributed by atoms with Crippen LogP contribution in [0.15, 0.2) is 44.5 Å². The molecule has 2 aliphatic heterocycles. The van der Waals surface area contributed by atoms with Crippen molar-refractivity contribution < 1.29 is 9.59 Å². The van der Waals surface area contributed by atoms with Crippen molar-refractivity contribution in [2.24, 2.45) is 22.6 Å². The Morgan fingerprint density at radius 1 is 1.14 bits per heavy atom. The molecule has 2 saturated heterocycles. The first-order valence-corrected chi connectivity index (χ1v) is 14.6. The number of nitrogens with two attached hydrogens (primary N) is 1. The molecule has 1 unspecified atom stereocenters. The van der Waals surface area contributed by atoms with Crippen LogP contribution < -0.4 is 5.73 Å². The molecule has 1 aliphatic carbocycles. The van der Waals surface area contributed by atoms with Crippen molar-refractivity contribution in [1.82, 2.24) is 9.80 Å². The number of piperidine rings is 2. The van der Waals surface area contributed by atoms with Crippen molar-refractivity contribution in [3.63, 3.8) is 0 Å². The zero-order chi connectivity index (χ0) is 26.7. The van der Waals surface area contributed by atoms with E-state index in [-0.39, 0.29) is 17.9 Å². The van der Waals surface area contributed by atoms with E-state index in [4.69, 9.17) is 33.9 Å². The van der Waals surface area contributed by atoms with Gasteiger partial charge in [-0.15, -0.1) is 0 Å². The first kappa shape index (κ1) is 28.2. The number of likely N-dealkylation sites (tertiary alicyclic amines) is 2. The molecule has 1 aromatic rings. The number of aryl methyl sites for hydroxylation is 1. The van der Waals surface area contributed by atoms with Crippen LogP contribution in [0, 0.1) is 11.8 Å². The van der Waals surface area contributed by atoms with Gasteiger partial charge in [-0.1, -0.05) is 51.3 Å². The lowest BCUT2D eigenvalue weighted by Gasteiger charge is -2.38. The van der Waals surface area contributed by atoms with E-state index in [0.29, 0.717) is 36.4 Å². The molecule has 1 atom stereocenters. The van der Waals surface area contributed by atoms with Crippen LogP contribution in [-0.4, -0.2) is 54.1 Å². The zero-order valence-electron chi connectivity index (χ0n) is 21.3. The summed E-state index contributed by atoms with van der Waals surface area (Å²) in [6, 6.07) is 3.68. The maximum Gasteiger partial charge on any atom is 0.314 e. The van der Waals surface area contributed by atoms with Gasteiger partial charge >= 0.3 is 6.03 Å². The molecule has 37 heavy (non-hydrogen) atoms. The first-order valence-electron chi connectivity index (χ1n) is 13.0. The largest absolute Gasteiger partial charge is 0.351 e. The van der Waals surface area contributed by atoms with E-state index in [1.165, 1.54) is 16.7 Å². The van der Waals surface area contributed by atoms with Crippen LogP contribution in [0.4, 0.5) is 4.79 Å². The number of rotatable bonds is 5. The molecule has 200 valence electrons. The van der Waals surface area contributed by atoms with Gasteiger partial charge in [0.15, 0.2) is 0 Å². The van der Waals surface area contributed by atoms with Crippen LogP contribution in [0.5, 0.6) is 0 Å². The number of carbonyl (C=O) groups excluding carboxylic acids is 2. The van der Waals surface area contributed by atoms with E-state index in [2.05, 4.69) is 35.5 Å². The van der Waals surface area contributed by atoms with Gasteiger partial charge in [0.25, 0.3) is 0 Å². The summed E-state index contributed by atoms with van der Waals surface area (Å²) in [5.74, 6) is 0.953. The average molecular weight is 610 g/mol. The van der Waals surface area contributed by atoms with Crippen LogP contribution >= 0.6 is 39.1 Å². The fourth-order valence-electron chi connectivity index (χ4n) is 6.05. The fraction of sp³-hybridized carbons (Fsp3) is 0.536. The maximum absolute atomic E-state index is 13.1. The molecule has 2 N–H and O–H groups in total. The van der Waals surface area contributed by atoms with Crippen molar-refractivity contribution in [3.8, 4) is 0 Å². The summed E-state index contributed by atoms with van der Waals surface area (Å²) in [5, 5.41) is 1.13. The number of fused-ring (bicyclic) bond motifs is 1. The number of urea groups is 1. The Morgan fingerprint density at radius 3 is 2.41 bits per heavy atom. The minimum Gasteiger partial charge on any atom is -0.351 e. The number of carbonyl (C=O) groups is 2. The van der Waals surface area contributed by atoms with Gasteiger partial charge in [-0.3, -0.25) is 9.79 Å². The molecule has 0 aromatic heterocycles. The van der Waals surface area contributed by atoms with E-state index in [9.17, 15) is 9.59 Å². The number of hydrogen-bond acceptors (Lipinski definition) is 3. The summed E-state index contributed by atoms with van der Waals surface area (Å²) in [7, 11) is 0. The molecule has 1 aromatic carbocycles. The summed E-state index contributed by atoms with van der Waals surface area (Å²) in [4.78, 5) is 33.1. The number of nitrogens with zero attached hydrogens (tertiary/aromatic N) is 3. The average Bonchev–Trinajstić information content (AvgIpc) is 2.99. The summed E-state index contributed by atoms with van der Waals surface area (Å²) >= 11 is 16.3. The quantitative estimate of drug-likeness (QED) is 0.379. The highest BCUT2D eigenvalue weighted by Gasteiger charge is 2.36. The van der Waals surface area contributed by atoms with Gasteiger partial charge in [0.05, 0.1) is 5.03 Å². The second kappa shape index (κ2) is 12.4. The predicted molar refractivity (Wildman–Crippen MR) is 154 cm³/mol. The number of amides is 3.